The number of halogens is 1. The molecule has 1 aliphatic heterocycles. The van der Waals surface area contributed by atoms with Crippen molar-refractivity contribution in [2.75, 3.05) is 0 Å². The van der Waals surface area contributed by atoms with Crippen LogP contribution in [-0.2, 0) is 31.6 Å². The number of nitrogens with one attached hydrogen (secondary N) is 1. The molecule has 1 fully saturated rings. The molecule has 0 radical (unpaired) electrons. The number of hydrogen-bond acceptors (Lipinski definition) is 11. The van der Waals surface area contributed by atoms with Gasteiger partial charge in [0.25, 0.3) is 0 Å². The van der Waals surface area contributed by atoms with Gasteiger partial charge in [-0.1, -0.05) is 5.92 Å². The van der Waals surface area contributed by atoms with Crippen LogP contribution < -0.4 is 11.4 Å². The van der Waals surface area contributed by atoms with Crippen molar-refractivity contribution in [1.82, 2.24) is 14.5 Å². The molecule has 2 rings (SSSR count). The number of nitrogens with zero attached hydrogens (tertiary/aromatic N) is 2. The zero-order valence-corrected chi connectivity index (χ0v) is 19.1. The number of alkyl halides is 1. The van der Waals surface area contributed by atoms with Crippen LogP contribution in [0.4, 0.5) is 4.39 Å². The second kappa shape index (κ2) is 9.59. The molecule has 6 N–H and O–H groups in total. The lowest BCUT2D eigenvalue weighted by molar-refractivity contribution is -0.0785. The SMILES string of the molecule is CC#C[C@@]1(F)C(O)[C@@H]([C@@H](C)OP(=O)(O)OP(=O)(O)OP(=O)(O)O)O[C@H]1n1cnc(=O)[nH]c1=O. The summed E-state index contributed by atoms with van der Waals surface area (Å²) in [6, 6.07) is 0. The lowest BCUT2D eigenvalue weighted by atomic mass is 9.94. The number of aromatic amines is 1. The molecule has 0 spiro atoms. The summed E-state index contributed by atoms with van der Waals surface area (Å²) in [5, 5.41) is 10.4. The first-order valence-electron chi connectivity index (χ1n) is 8.37. The summed E-state index contributed by atoms with van der Waals surface area (Å²) < 4.78 is 67.0. The lowest BCUT2D eigenvalue weighted by Crippen LogP contribution is -2.46. The minimum atomic E-state index is -5.83. The number of phosphoric ester groups is 1. The van der Waals surface area contributed by atoms with E-state index in [9.17, 15) is 38.2 Å². The highest BCUT2D eigenvalue weighted by Gasteiger charge is 2.60. The first-order chi connectivity index (χ1) is 14.9. The molecular weight excluding hydrogens is 522 g/mol. The third-order valence-electron chi connectivity index (χ3n) is 3.88. The van der Waals surface area contributed by atoms with Gasteiger partial charge < -0.3 is 29.4 Å². The van der Waals surface area contributed by atoms with Gasteiger partial charge in [0.05, 0.1) is 6.10 Å². The van der Waals surface area contributed by atoms with Gasteiger partial charge in [-0.15, -0.1) is 5.92 Å². The molecule has 186 valence electrons. The molecular formula is C12H17FN3O14P3. The van der Waals surface area contributed by atoms with Crippen molar-refractivity contribution in [2.24, 2.45) is 0 Å². The highest BCUT2D eigenvalue weighted by Crippen LogP contribution is 2.66. The lowest BCUT2D eigenvalue weighted by Gasteiger charge is -2.25. The van der Waals surface area contributed by atoms with Gasteiger partial charge in [-0.3, -0.25) is 14.1 Å². The van der Waals surface area contributed by atoms with Gasteiger partial charge in [0.15, 0.2) is 6.23 Å². The molecule has 0 saturated carbocycles. The summed E-state index contributed by atoms with van der Waals surface area (Å²) in [5.41, 5.74) is -5.32. The van der Waals surface area contributed by atoms with E-state index in [4.69, 9.17) is 14.5 Å². The standard InChI is InChI=1S/C12H17FN3O14P3/c1-3-4-12(13)8(17)7(27-9(12)16-5-14-10(18)15-11(16)19)6(2)28-32(23,24)30-33(25,26)29-31(20,21)22/h5-9,17H,1-2H3,(H,23,24)(H,25,26)(H,15,18,19)(H2,20,21,22)/t6-,7-,8?,9-,12-/m1/s1. The molecule has 1 aromatic rings. The van der Waals surface area contributed by atoms with Crippen molar-refractivity contribution in [3.05, 3.63) is 27.3 Å². The molecule has 21 heteroatoms. The zero-order chi connectivity index (χ0) is 25.4. The fourth-order valence-corrected chi connectivity index (χ4v) is 5.96. The Morgan fingerprint density at radius 3 is 2.36 bits per heavy atom. The number of aromatic nitrogens is 3. The Morgan fingerprint density at radius 1 is 1.24 bits per heavy atom. The molecule has 0 aliphatic carbocycles. The van der Waals surface area contributed by atoms with Gasteiger partial charge in [-0.2, -0.15) is 13.6 Å². The maximum Gasteiger partial charge on any atom is 0.490 e. The van der Waals surface area contributed by atoms with E-state index in [0.717, 1.165) is 6.92 Å². The average molecular weight is 539 g/mol. The Kier molecular flexibility index (Phi) is 8.04. The van der Waals surface area contributed by atoms with Crippen molar-refractivity contribution in [2.45, 2.75) is 44.1 Å². The van der Waals surface area contributed by atoms with E-state index in [2.05, 4.69) is 24.0 Å². The summed E-state index contributed by atoms with van der Waals surface area (Å²) in [6.07, 6.45) is -7.44. The summed E-state index contributed by atoms with van der Waals surface area (Å²) in [6.45, 7) is 2.10. The minimum absolute atomic E-state index is 0.437. The van der Waals surface area contributed by atoms with Crippen molar-refractivity contribution in [3.8, 4) is 11.8 Å². The topological polar surface area (TPSA) is 257 Å². The fourth-order valence-electron chi connectivity index (χ4n) is 2.76. The van der Waals surface area contributed by atoms with Crippen molar-refractivity contribution < 1.29 is 60.6 Å². The monoisotopic (exact) mass is 539 g/mol. The Bertz CT molecular complexity index is 1220. The van der Waals surface area contributed by atoms with E-state index in [1.165, 1.54) is 6.92 Å². The molecule has 0 amide bonds. The smallest absolute Gasteiger partial charge is 0.386 e. The molecule has 33 heavy (non-hydrogen) atoms. The largest absolute Gasteiger partial charge is 0.490 e. The summed E-state index contributed by atoms with van der Waals surface area (Å²) in [4.78, 5) is 64.0. The highest BCUT2D eigenvalue weighted by molar-refractivity contribution is 7.66. The number of ether oxygens (including phenoxy) is 1. The molecule has 17 nitrogen and oxygen atoms in total. The molecule has 0 bridgehead atoms. The molecule has 1 aliphatic rings. The van der Waals surface area contributed by atoms with Crippen LogP contribution in [0.1, 0.15) is 20.1 Å². The van der Waals surface area contributed by atoms with E-state index < -0.39 is 65.1 Å². The number of hydrogen-bond donors (Lipinski definition) is 6. The fraction of sp³-hybridized carbons (Fsp3) is 0.583. The van der Waals surface area contributed by atoms with Crippen LogP contribution in [-0.4, -0.2) is 63.2 Å². The average Bonchev–Trinajstić information content (AvgIpc) is 2.83. The quantitative estimate of drug-likeness (QED) is 0.165. The number of phosphoric acid groups is 3. The molecule has 1 aromatic heterocycles. The van der Waals surface area contributed by atoms with Crippen molar-refractivity contribution >= 4 is 23.5 Å². The predicted octanol–water partition coefficient (Wildman–Crippen LogP) is -1.35. The third kappa shape index (κ3) is 6.74. The second-order valence-corrected chi connectivity index (χ2v) is 10.7. The van der Waals surface area contributed by atoms with Gasteiger partial charge in [0, 0.05) is 0 Å². The summed E-state index contributed by atoms with van der Waals surface area (Å²) in [5.74, 6) is 4.16. The molecule has 3 unspecified atom stereocenters. The Labute approximate surface area is 182 Å². The van der Waals surface area contributed by atoms with Crippen LogP contribution in [0.15, 0.2) is 15.9 Å². The van der Waals surface area contributed by atoms with E-state index in [1.54, 1.807) is 4.98 Å². The third-order valence-corrected chi connectivity index (χ3v) is 7.81. The number of aliphatic hydroxyl groups is 1. The van der Waals surface area contributed by atoms with Crippen LogP contribution in [0, 0.1) is 11.8 Å². The first kappa shape index (κ1) is 27.7. The summed E-state index contributed by atoms with van der Waals surface area (Å²) >= 11 is 0. The van der Waals surface area contributed by atoms with Crippen LogP contribution in [0.5, 0.6) is 0 Å². The van der Waals surface area contributed by atoms with Gasteiger partial charge in [-0.25, -0.2) is 27.7 Å². The maximum absolute atomic E-state index is 15.6. The Morgan fingerprint density at radius 2 is 1.85 bits per heavy atom. The van der Waals surface area contributed by atoms with Crippen LogP contribution in [0.3, 0.4) is 0 Å². The normalized spacial score (nSPS) is 30.0. The number of aliphatic hydroxyl groups excluding tert-OH is 1. The number of rotatable bonds is 8. The molecule has 1 saturated heterocycles. The molecule has 0 aromatic carbocycles. The second-order valence-electron chi connectivity index (χ2n) is 6.33. The Balaban J connectivity index is 2.32. The van der Waals surface area contributed by atoms with E-state index in [0.29, 0.717) is 10.9 Å². The van der Waals surface area contributed by atoms with Gasteiger partial charge in [0.1, 0.15) is 18.5 Å². The summed E-state index contributed by atoms with van der Waals surface area (Å²) in [7, 11) is -17.1. The van der Waals surface area contributed by atoms with Crippen LogP contribution in [0.2, 0.25) is 0 Å². The highest BCUT2D eigenvalue weighted by atomic mass is 31.3. The predicted molar refractivity (Wildman–Crippen MR) is 101 cm³/mol. The minimum Gasteiger partial charge on any atom is -0.386 e. The van der Waals surface area contributed by atoms with E-state index >= 15 is 4.39 Å². The van der Waals surface area contributed by atoms with E-state index in [-0.39, 0.29) is 0 Å². The molecule has 2 heterocycles. The van der Waals surface area contributed by atoms with Crippen molar-refractivity contribution in [3.63, 3.8) is 0 Å². The first-order valence-corrected chi connectivity index (χ1v) is 12.9. The van der Waals surface area contributed by atoms with Crippen LogP contribution >= 0.6 is 23.5 Å². The maximum atomic E-state index is 15.6. The van der Waals surface area contributed by atoms with E-state index in [1.807, 2.05) is 5.92 Å². The van der Waals surface area contributed by atoms with Gasteiger partial charge in [-0.05, 0) is 13.8 Å². The van der Waals surface area contributed by atoms with Crippen LogP contribution in [0.25, 0.3) is 0 Å². The zero-order valence-electron chi connectivity index (χ0n) is 16.4. The Hall–Kier alpha value is -1.57. The van der Waals surface area contributed by atoms with Gasteiger partial charge >= 0.3 is 34.8 Å². The number of H-pyrrole nitrogens is 1. The van der Waals surface area contributed by atoms with Gasteiger partial charge in [0.2, 0.25) is 5.67 Å². The van der Waals surface area contributed by atoms with Crippen molar-refractivity contribution in [1.29, 1.82) is 0 Å². The molecule has 7 atom stereocenters.